The van der Waals surface area contributed by atoms with E-state index in [1.807, 2.05) is 0 Å². The molecule has 1 aliphatic rings. The van der Waals surface area contributed by atoms with Crippen LogP contribution in [0.4, 0.5) is 0 Å². The summed E-state index contributed by atoms with van der Waals surface area (Å²) < 4.78 is 10.9. The summed E-state index contributed by atoms with van der Waals surface area (Å²) in [5.74, 6) is -2.31. The predicted molar refractivity (Wildman–Crippen MR) is 111 cm³/mol. The van der Waals surface area contributed by atoms with Crippen LogP contribution >= 0.6 is 0 Å². The molecular weight excluding hydrogens is 416 g/mol. The number of methoxy groups -OCH3 is 1. The van der Waals surface area contributed by atoms with Crippen molar-refractivity contribution in [1.82, 2.24) is 10.2 Å². The van der Waals surface area contributed by atoms with Gasteiger partial charge in [0.05, 0.1) is 49.8 Å². The van der Waals surface area contributed by atoms with Crippen LogP contribution in [0.3, 0.4) is 0 Å². The highest BCUT2D eigenvalue weighted by molar-refractivity contribution is 6.22. The van der Waals surface area contributed by atoms with Crippen molar-refractivity contribution >= 4 is 23.7 Å². The molecule has 0 aliphatic carbocycles. The fourth-order valence-corrected chi connectivity index (χ4v) is 3.70. The third-order valence-corrected chi connectivity index (χ3v) is 5.15. The van der Waals surface area contributed by atoms with Crippen molar-refractivity contribution in [3.63, 3.8) is 0 Å². The average molecular weight is 439 g/mol. The van der Waals surface area contributed by atoms with Crippen molar-refractivity contribution in [3.8, 4) is 11.5 Å². The molecule has 1 atom stereocenters. The zero-order valence-corrected chi connectivity index (χ0v) is 18.0. The van der Waals surface area contributed by atoms with Crippen LogP contribution in [0.1, 0.15) is 51.2 Å². The number of ether oxygens (including phenoxy) is 2. The van der Waals surface area contributed by atoms with Crippen LogP contribution in [-0.2, 0) is 9.59 Å². The van der Waals surface area contributed by atoms with Gasteiger partial charge in [0.1, 0.15) is 0 Å². The van der Waals surface area contributed by atoms with E-state index in [0.717, 1.165) is 4.90 Å². The SMILES string of the molecule is CCOc1cc(C(CC(=O)NCC(=O)[O-])N2C(=O)c3cccc(C)c3C2=O)ccc1OC. The molecule has 9 nitrogen and oxygen atoms in total. The quantitative estimate of drug-likeness (QED) is 0.578. The summed E-state index contributed by atoms with van der Waals surface area (Å²) in [6.45, 7) is 3.20. The van der Waals surface area contributed by atoms with Gasteiger partial charge in [-0.2, -0.15) is 0 Å². The van der Waals surface area contributed by atoms with Crippen LogP contribution in [0, 0.1) is 6.92 Å². The van der Waals surface area contributed by atoms with E-state index in [4.69, 9.17) is 9.47 Å². The number of nitrogens with one attached hydrogen (secondary N) is 1. The van der Waals surface area contributed by atoms with Crippen molar-refractivity contribution in [2.45, 2.75) is 26.3 Å². The third-order valence-electron chi connectivity index (χ3n) is 5.15. The third kappa shape index (κ3) is 4.41. The lowest BCUT2D eigenvalue weighted by Gasteiger charge is -2.27. The number of nitrogens with zero attached hydrogens (tertiary/aromatic N) is 1. The number of hydrogen-bond acceptors (Lipinski definition) is 7. The number of amides is 3. The number of benzene rings is 2. The summed E-state index contributed by atoms with van der Waals surface area (Å²) >= 11 is 0. The molecule has 0 bridgehead atoms. The first-order valence-electron chi connectivity index (χ1n) is 10.0. The van der Waals surface area contributed by atoms with E-state index in [1.165, 1.54) is 7.11 Å². The highest BCUT2D eigenvalue weighted by Gasteiger charge is 2.42. The fraction of sp³-hybridized carbons (Fsp3) is 0.304. The Balaban J connectivity index is 2.04. The molecule has 1 unspecified atom stereocenters. The second-order valence-electron chi connectivity index (χ2n) is 7.19. The maximum atomic E-state index is 13.2. The largest absolute Gasteiger partial charge is 0.548 e. The summed E-state index contributed by atoms with van der Waals surface area (Å²) in [5.41, 5.74) is 1.66. The van der Waals surface area contributed by atoms with E-state index in [9.17, 15) is 24.3 Å². The molecule has 0 radical (unpaired) electrons. The Labute approximate surface area is 184 Å². The van der Waals surface area contributed by atoms with Gasteiger partial charge in [-0.05, 0) is 43.2 Å². The lowest BCUT2D eigenvalue weighted by Crippen LogP contribution is -2.41. The normalized spacial score (nSPS) is 13.5. The fourth-order valence-electron chi connectivity index (χ4n) is 3.70. The zero-order chi connectivity index (χ0) is 23.4. The average Bonchev–Trinajstić information content (AvgIpc) is 3.02. The highest BCUT2D eigenvalue weighted by atomic mass is 16.5. The molecule has 1 N–H and O–H groups in total. The van der Waals surface area contributed by atoms with E-state index >= 15 is 0 Å². The molecule has 0 spiro atoms. The lowest BCUT2D eigenvalue weighted by atomic mass is 10.0. The Morgan fingerprint density at radius 1 is 1.12 bits per heavy atom. The Hall–Kier alpha value is -3.88. The summed E-state index contributed by atoms with van der Waals surface area (Å²) in [6, 6.07) is 8.85. The number of carbonyl (C=O) groups is 4. The minimum atomic E-state index is -1.45. The molecule has 9 heteroatoms. The van der Waals surface area contributed by atoms with Gasteiger partial charge in [0.25, 0.3) is 11.8 Å². The Kier molecular flexibility index (Phi) is 6.77. The van der Waals surface area contributed by atoms with Crippen molar-refractivity contribution in [1.29, 1.82) is 0 Å². The number of hydrogen-bond donors (Lipinski definition) is 1. The first-order chi connectivity index (χ1) is 15.3. The molecule has 2 aromatic rings. The van der Waals surface area contributed by atoms with Gasteiger partial charge in [-0.25, -0.2) is 0 Å². The molecule has 0 aromatic heterocycles. The first-order valence-corrected chi connectivity index (χ1v) is 10.0. The van der Waals surface area contributed by atoms with E-state index in [-0.39, 0.29) is 17.5 Å². The standard InChI is InChI=1S/C23H24N2O7/c1-4-32-18-10-14(8-9-17(18)31-3)16(11-19(26)24-12-20(27)28)25-22(29)15-7-5-6-13(2)21(15)23(25)30/h5-10,16H,4,11-12H2,1-3H3,(H,24,26)(H,27,28)/p-1. The van der Waals surface area contributed by atoms with E-state index in [1.54, 1.807) is 50.2 Å². The van der Waals surface area contributed by atoms with Crippen molar-refractivity contribution in [2.24, 2.45) is 0 Å². The van der Waals surface area contributed by atoms with Crippen LogP contribution in [-0.4, -0.2) is 48.9 Å². The summed E-state index contributed by atoms with van der Waals surface area (Å²) in [7, 11) is 1.48. The number of carboxylic acid groups (broad SMARTS) is 1. The molecule has 3 rings (SSSR count). The molecule has 32 heavy (non-hydrogen) atoms. The van der Waals surface area contributed by atoms with E-state index < -0.39 is 36.3 Å². The van der Waals surface area contributed by atoms with E-state index in [0.29, 0.717) is 29.2 Å². The molecule has 1 aliphatic heterocycles. The van der Waals surface area contributed by atoms with Crippen molar-refractivity contribution in [2.75, 3.05) is 20.3 Å². The van der Waals surface area contributed by atoms with Crippen LogP contribution in [0.25, 0.3) is 0 Å². The lowest BCUT2D eigenvalue weighted by molar-refractivity contribution is -0.304. The van der Waals surface area contributed by atoms with Crippen molar-refractivity contribution < 1.29 is 33.8 Å². The smallest absolute Gasteiger partial charge is 0.262 e. The Morgan fingerprint density at radius 2 is 1.88 bits per heavy atom. The summed E-state index contributed by atoms with van der Waals surface area (Å²) in [5, 5.41) is 12.9. The van der Waals surface area contributed by atoms with Gasteiger partial charge < -0.3 is 24.7 Å². The van der Waals surface area contributed by atoms with Gasteiger partial charge in [-0.3, -0.25) is 19.3 Å². The minimum absolute atomic E-state index is 0.258. The molecule has 0 saturated carbocycles. The topological polar surface area (TPSA) is 125 Å². The number of carbonyl (C=O) groups excluding carboxylic acids is 4. The number of rotatable bonds is 9. The molecule has 1 heterocycles. The first kappa shape index (κ1) is 22.8. The van der Waals surface area contributed by atoms with Crippen molar-refractivity contribution in [3.05, 3.63) is 58.7 Å². The maximum absolute atomic E-state index is 13.2. The molecule has 0 saturated heterocycles. The minimum Gasteiger partial charge on any atom is -0.548 e. The van der Waals surface area contributed by atoms with Gasteiger partial charge in [-0.15, -0.1) is 0 Å². The van der Waals surface area contributed by atoms with Gasteiger partial charge in [-0.1, -0.05) is 18.2 Å². The Bertz CT molecular complexity index is 1080. The van der Waals surface area contributed by atoms with Crippen LogP contribution in [0.5, 0.6) is 11.5 Å². The van der Waals surface area contributed by atoms with Gasteiger partial charge in [0, 0.05) is 0 Å². The summed E-state index contributed by atoms with van der Waals surface area (Å²) in [4.78, 5) is 50.6. The monoisotopic (exact) mass is 439 g/mol. The molecule has 3 amide bonds. The number of fused-ring (bicyclic) bond motifs is 1. The second kappa shape index (κ2) is 9.51. The maximum Gasteiger partial charge on any atom is 0.262 e. The summed E-state index contributed by atoms with van der Waals surface area (Å²) in [6.07, 6.45) is -0.338. The number of imide groups is 1. The number of aliphatic carboxylic acids is 1. The highest BCUT2D eigenvalue weighted by Crippen LogP contribution is 2.38. The predicted octanol–water partition coefficient (Wildman–Crippen LogP) is 0.996. The molecule has 168 valence electrons. The Morgan fingerprint density at radius 3 is 2.50 bits per heavy atom. The van der Waals surface area contributed by atoms with E-state index in [2.05, 4.69) is 5.32 Å². The van der Waals surface area contributed by atoms with Gasteiger partial charge in [0.15, 0.2) is 11.5 Å². The number of carboxylic acids is 1. The van der Waals surface area contributed by atoms with Gasteiger partial charge >= 0.3 is 0 Å². The molecule has 0 fully saturated rings. The molecule has 2 aromatic carbocycles. The zero-order valence-electron chi connectivity index (χ0n) is 18.0. The van der Waals surface area contributed by atoms with Gasteiger partial charge in [0.2, 0.25) is 5.91 Å². The second-order valence-corrected chi connectivity index (χ2v) is 7.19. The molecular formula is C23H23N2O7-. The number of aryl methyl sites for hydroxylation is 1. The van der Waals surface area contributed by atoms with Crippen LogP contribution < -0.4 is 19.9 Å². The van der Waals surface area contributed by atoms with Crippen LogP contribution in [0.15, 0.2) is 36.4 Å². The van der Waals surface area contributed by atoms with Crippen LogP contribution in [0.2, 0.25) is 0 Å².